The second-order valence-corrected chi connectivity index (χ2v) is 5.41. The van der Waals surface area contributed by atoms with Crippen LogP contribution in [0.4, 0.5) is 0 Å². The molecule has 2 rings (SSSR count). The Kier molecular flexibility index (Phi) is 4.55. The fourth-order valence-corrected chi connectivity index (χ4v) is 2.95. The Morgan fingerprint density at radius 2 is 2.38 bits per heavy atom. The van der Waals surface area contributed by atoms with Crippen LogP contribution in [0.15, 0.2) is 23.2 Å². The van der Waals surface area contributed by atoms with E-state index in [0.29, 0.717) is 6.04 Å². The summed E-state index contributed by atoms with van der Waals surface area (Å²) in [6.07, 6.45) is 11.9. The van der Waals surface area contributed by atoms with Gasteiger partial charge in [-0.1, -0.05) is 11.6 Å². The highest BCUT2D eigenvalue weighted by atomic mass is 32.1. The molecule has 0 radical (unpaired) electrons. The summed E-state index contributed by atoms with van der Waals surface area (Å²) in [6, 6.07) is 0.551. The first kappa shape index (κ1) is 11.8. The van der Waals surface area contributed by atoms with Crippen molar-refractivity contribution >= 4 is 11.3 Å². The maximum atomic E-state index is 4.36. The SMILES string of the molecule is CNC(CC1=CCCCC1)Cc1nccs1. The van der Waals surface area contributed by atoms with Crippen LogP contribution in [0.1, 0.15) is 37.1 Å². The fourth-order valence-electron chi connectivity index (χ4n) is 2.25. The van der Waals surface area contributed by atoms with E-state index in [1.54, 1.807) is 16.9 Å². The predicted octanol–water partition coefficient (Wildman–Crippen LogP) is 3.16. The topological polar surface area (TPSA) is 24.9 Å². The summed E-state index contributed by atoms with van der Waals surface area (Å²) in [5.41, 5.74) is 1.64. The van der Waals surface area contributed by atoms with Crippen LogP contribution in [-0.2, 0) is 6.42 Å². The molecule has 1 aliphatic carbocycles. The normalized spacial score (nSPS) is 18.2. The molecule has 0 spiro atoms. The highest BCUT2D eigenvalue weighted by Gasteiger charge is 2.12. The molecule has 0 saturated heterocycles. The van der Waals surface area contributed by atoms with Crippen molar-refractivity contribution in [3.05, 3.63) is 28.2 Å². The summed E-state index contributed by atoms with van der Waals surface area (Å²) >= 11 is 1.76. The van der Waals surface area contributed by atoms with E-state index in [2.05, 4.69) is 28.8 Å². The molecule has 3 heteroatoms. The molecule has 0 saturated carbocycles. The van der Waals surface area contributed by atoms with Gasteiger partial charge in [0, 0.05) is 24.0 Å². The van der Waals surface area contributed by atoms with Gasteiger partial charge >= 0.3 is 0 Å². The van der Waals surface area contributed by atoms with Crippen molar-refractivity contribution in [2.45, 2.75) is 44.6 Å². The van der Waals surface area contributed by atoms with Crippen molar-refractivity contribution in [3.63, 3.8) is 0 Å². The lowest BCUT2D eigenvalue weighted by molar-refractivity contribution is 0.531. The Balaban J connectivity index is 1.87. The van der Waals surface area contributed by atoms with Crippen molar-refractivity contribution in [1.82, 2.24) is 10.3 Å². The molecule has 1 aromatic rings. The van der Waals surface area contributed by atoms with Crippen LogP contribution in [0, 0.1) is 0 Å². The zero-order chi connectivity index (χ0) is 11.2. The molecule has 0 fully saturated rings. The van der Waals surface area contributed by atoms with Gasteiger partial charge in [-0.05, 0) is 39.2 Å². The molecule has 0 aliphatic heterocycles. The number of likely N-dealkylation sites (N-methyl/N-ethyl adjacent to an activating group) is 1. The molecule has 0 aromatic carbocycles. The molecule has 2 nitrogen and oxygen atoms in total. The van der Waals surface area contributed by atoms with E-state index in [0.717, 1.165) is 6.42 Å². The van der Waals surface area contributed by atoms with Crippen molar-refractivity contribution < 1.29 is 0 Å². The number of rotatable bonds is 5. The summed E-state index contributed by atoms with van der Waals surface area (Å²) in [6.45, 7) is 0. The van der Waals surface area contributed by atoms with Gasteiger partial charge in [0.1, 0.15) is 0 Å². The molecule has 1 unspecified atom stereocenters. The van der Waals surface area contributed by atoms with Gasteiger partial charge in [-0.25, -0.2) is 4.98 Å². The minimum Gasteiger partial charge on any atom is -0.316 e. The highest BCUT2D eigenvalue weighted by molar-refractivity contribution is 7.09. The number of allylic oxidation sites excluding steroid dienone is 1. The third-order valence-corrected chi connectivity index (χ3v) is 4.01. The Labute approximate surface area is 102 Å². The van der Waals surface area contributed by atoms with Gasteiger partial charge in [0.2, 0.25) is 0 Å². The first-order valence-corrected chi connectivity index (χ1v) is 7.00. The van der Waals surface area contributed by atoms with Gasteiger partial charge in [0.05, 0.1) is 5.01 Å². The number of thiazole rings is 1. The largest absolute Gasteiger partial charge is 0.316 e. The number of nitrogens with zero attached hydrogens (tertiary/aromatic N) is 1. The van der Waals surface area contributed by atoms with E-state index in [9.17, 15) is 0 Å². The molecular weight excluding hydrogens is 216 g/mol. The Morgan fingerprint density at radius 1 is 1.44 bits per heavy atom. The first-order chi connectivity index (χ1) is 7.88. The third kappa shape index (κ3) is 3.42. The van der Waals surface area contributed by atoms with Crippen molar-refractivity contribution in [3.8, 4) is 0 Å². The highest BCUT2D eigenvalue weighted by Crippen LogP contribution is 2.22. The van der Waals surface area contributed by atoms with Crippen LogP contribution in [0.25, 0.3) is 0 Å². The summed E-state index contributed by atoms with van der Waals surface area (Å²) in [7, 11) is 2.06. The smallest absolute Gasteiger partial charge is 0.0940 e. The predicted molar refractivity (Wildman–Crippen MR) is 69.8 cm³/mol. The zero-order valence-electron chi connectivity index (χ0n) is 9.91. The van der Waals surface area contributed by atoms with E-state index in [1.165, 1.54) is 37.1 Å². The van der Waals surface area contributed by atoms with E-state index in [-0.39, 0.29) is 0 Å². The second kappa shape index (κ2) is 6.16. The summed E-state index contributed by atoms with van der Waals surface area (Å²) in [4.78, 5) is 4.36. The fraction of sp³-hybridized carbons (Fsp3) is 0.615. The molecule has 1 N–H and O–H groups in total. The number of nitrogens with one attached hydrogen (secondary N) is 1. The van der Waals surface area contributed by atoms with Gasteiger partial charge < -0.3 is 5.32 Å². The minimum atomic E-state index is 0.551. The van der Waals surface area contributed by atoms with E-state index >= 15 is 0 Å². The maximum absolute atomic E-state index is 4.36. The second-order valence-electron chi connectivity index (χ2n) is 4.43. The average molecular weight is 236 g/mol. The zero-order valence-corrected chi connectivity index (χ0v) is 10.7. The van der Waals surface area contributed by atoms with Gasteiger partial charge in [-0.3, -0.25) is 0 Å². The van der Waals surface area contributed by atoms with Crippen LogP contribution in [0.5, 0.6) is 0 Å². The van der Waals surface area contributed by atoms with E-state index in [1.807, 2.05) is 6.20 Å². The van der Waals surface area contributed by atoms with Crippen LogP contribution < -0.4 is 5.32 Å². The van der Waals surface area contributed by atoms with Crippen molar-refractivity contribution in [1.29, 1.82) is 0 Å². The van der Waals surface area contributed by atoms with Crippen LogP contribution in [0.2, 0.25) is 0 Å². The third-order valence-electron chi connectivity index (χ3n) is 3.21. The maximum Gasteiger partial charge on any atom is 0.0940 e. The molecular formula is C13H20N2S. The first-order valence-electron chi connectivity index (χ1n) is 6.12. The molecule has 1 atom stereocenters. The summed E-state index contributed by atoms with van der Waals surface area (Å²) in [5.74, 6) is 0. The Morgan fingerprint density at radius 3 is 3.00 bits per heavy atom. The lowest BCUT2D eigenvalue weighted by Gasteiger charge is -2.19. The monoisotopic (exact) mass is 236 g/mol. The number of hydrogen-bond donors (Lipinski definition) is 1. The Hall–Kier alpha value is -0.670. The van der Waals surface area contributed by atoms with Crippen molar-refractivity contribution in [2.24, 2.45) is 0 Å². The number of hydrogen-bond acceptors (Lipinski definition) is 3. The van der Waals surface area contributed by atoms with Crippen LogP contribution in [-0.4, -0.2) is 18.1 Å². The minimum absolute atomic E-state index is 0.551. The molecule has 0 amide bonds. The molecule has 16 heavy (non-hydrogen) atoms. The molecule has 88 valence electrons. The van der Waals surface area contributed by atoms with E-state index < -0.39 is 0 Å². The standard InChI is InChI=1S/C13H20N2S/c1-14-12(10-13-15-7-8-16-13)9-11-5-3-2-4-6-11/h5,7-8,12,14H,2-4,6,9-10H2,1H3. The lowest BCUT2D eigenvalue weighted by Crippen LogP contribution is -2.28. The summed E-state index contributed by atoms with van der Waals surface area (Å²) in [5, 5.41) is 6.72. The lowest BCUT2D eigenvalue weighted by atomic mass is 9.93. The Bertz CT molecular complexity index is 330. The molecule has 1 heterocycles. The van der Waals surface area contributed by atoms with Gasteiger partial charge in [0.15, 0.2) is 0 Å². The molecule has 1 aliphatic rings. The van der Waals surface area contributed by atoms with Gasteiger partial charge in [-0.2, -0.15) is 0 Å². The van der Waals surface area contributed by atoms with Gasteiger partial charge in [-0.15, -0.1) is 11.3 Å². The molecule has 1 aromatic heterocycles. The quantitative estimate of drug-likeness (QED) is 0.794. The van der Waals surface area contributed by atoms with Crippen molar-refractivity contribution in [2.75, 3.05) is 7.05 Å². The average Bonchev–Trinajstić information content (AvgIpc) is 2.82. The number of aromatic nitrogens is 1. The van der Waals surface area contributed by atoms with Gasteiger partial charge in [0.25, 0.3) is 0 Å². The van der Waals surface area contributed by atoms with Crippen LogP contribution in [0.3, 0.4) is 0 Å². The molecule has 0 bridgehead atoms. The van der Waals surface area contributed by atoms with E-state index in [4.69, 9.17) is 0 Å². The summed E-state index contributed by atoms with van der Waals surface area (Å²) < 4.78 is 0. The van der Waals surface area contributed by atoms with Crippen LogP contribution >= 0.6 is 11.3 Å².